The van der Waals surface area contributed by atoms with Gasteiger partial charge in [-0.15, -0.1) is 5.10 Å². The number of nitrogens with two attached hydrogens (primary N) is 1. The maximum Gasteiger partial charge on any atom is 0.332 e. The summed E-state index contributed by atoms with van der Waals surface area (Å²) in [6, 6.07) is 1.77. The number of carbonyl (C=O) groups excluding carboxylic acids is 2. The SMILES string of the molecule is CCOC(=O)C(N)C(=O)Nc1cccnn1. The molecule has 0 saturated heterocycles. The van der Waals surface area contributed by atoms with Crippen LogP contribution in [0.25, 0.3) is 0 Å². The first kappa shape index (κ1) is 12.1. The minimum atomic E-state index is -1.36. The molecule has 1 rings (SSSR count). The molecular formula is C9H12N4O3. The molecule has 0 aliphatic carbocycles. The minimum absolute atomic E-state index is 0.172. The van der Waals surface area contributed by atoms with E-state index in [1.807, 2.05) is 0 Å². The Morgan fingerprint density at radius 2 is 2.38 bits per heavy atom. The van der Waals surface area contributed by atoms with Crippen LogP contribution >= 0.6 is 0 Å². The molecule has 0 aromatic carbocycles. The topological polar surface area (TPSA) is 107 Å². The second-order valence-corrected chi connectivity index (χ2v) is 2.83. The van der Waals surface area contributed by atoms with Crippen molar-refractivity contribution in [2.45, 2.75) is 13.0 Å². The molecule has 0 bridgehead atoms. The number of nitrogens with one attached hydrogen (secondary N) is 1. The van der Waals surface area contributed by atoms with E-state index in [0.717, 1.165) is 0 Å². The highest BCUT2D eigenvalue weighted by Gasteiger charge is 2.23. The van der Waals surface area contributed by atoms with Gasteiger partial charge in [0.1, 0.15) is 0 Å². The van der Waals surface area contributed by atoms with Crippen molar-refractivity contribution in [2.24, 2.45) is 5.73 Å². The largest absolute Gasteiger partial charge is 0.464 e. The number of carbonyl (C=O) groups is 2. The summed E-state index contributed by atoms with van der Waals surface area (Å²) in [5.41, 5.74) is 5.36. The van der Waals surface area contributed by atoms with E-state index in [2.05, 4.69) is 20.3 Å². The second kappa shape index (κ2) is 5.76. The molecule has 1 amide bonds. The number of anilines is 1. The first-order valence-electron chi connectivity index (χ1n) is 4.66. The highest BCUT2D eigenvalue weighted by atomic mass is 16.5. The molecule has 0 spiro atoms. The standard InChI is InChI=1S/C9H12N4O3/c1-2-16-9(15)7(10)8(14)12-6-4-3-5-11-13-6/h3-5,7H,2,10H2,1H3,(H,12,13,14). The molecule has 1 aromatic heterocycles. The fourth-order valence-corrected chi connectivity index (χ4v) is 0.911. The van der Waals surface area contributed by atoms with Crippen LogP contribution in [0.15, 0.2) is 18.3 Å². The molecule has 7 nitrogen and oxygen atoms in total. The van der Waals surface area contributed by atoms with Crippen molar-refractivity contribution in [2.75, 3.05) is 11.9 Å². The van der Waals surface area contributed by atoms with E-state index in [0.29, 0.717) is 0 Å². The third-order valence-electron chi connectivity index (χ3n) is 1.65. The van der Waals surface area contributed by atoms with Gasteiger partial charge in [0.15, 0.2) is 11.9 Å². The first-order chi connectivity index (χ1) is 7.65. The van der Waals surface area contributed by atoms with Gasteiger partial charge in [-0.3, -0.25) is 4.79 Å². The zero-order valence-corrected chi connectivity index (χ0v) is 8.71. The Bertz CT molecular complexity index is 368. The number of nitrogens with zero attached hydrogens (tertiary/aromatic N) is 2. The van der Waals surface area contributed by atoms with Gasteiger partial charge in [0.05, 0.1) is 6.61 Å². The van der Waals surface area contributed by atoms with Gasteiger partial charge in [0.25, 0.3) is 5.91 Å². The fraction of sp³-hybridized carbons (Fsp3) is 0.333. The molecule has 1 aromatic rings. The Labute approximate surface area is 92.0 Å². The lowest BCUT2D eigenvalue weighted by Gasteiger charge is -2.09. The summed E-state index contributed by atoms with van der Waals surface area (Å²) in [5, 5.41) is 9.52. The van der Waals surface area contributed by atoms with E-state index in [-0.39, 0.29) is 12.4 Å². The predicted molar refractivity (Wildman–Crippen MR) is 55.3 cm³/mol. The van der Waals surface area contributed by atoms with Crippen LogP contribution in [0.5, 0.6) is 0 Å². The molecule has 0 radical (unpaired) electrons. The Balaban J connectivity index is 2.56. The van der Waals surface area contributed by atoms with Crippen LogP contribution in [0.3, 0.4) is 0 Å². The minimum Gasteiger partial charge on any atom is -0.464 e. The number of hydrogen-bond donors (Lipinski definition) is 2. The van der Waals surface area contributed by atoms with E-state index >= 15 is 0 Å². The van der Waals surface area contributed by atoms with Gasteiger partial charge in [0, 0.05) is 6.20 Å². The molecule has 0 aliphatic heterocycles. The van der Waals surface area contributed by atoms with Gasteiger partial charge in [0.2, 0.25) is 0 Å². The summed E-state index contributed by atoms with van der Waals surface area (Å²) >= 11 is 0. The third-order valence-corrected chi connectivity index (χ3v) is 1.65. The lowest BCUT2D eigenvalue weighted by molar-refractivity contribution is -0.146. The van der Waals surface area contributed by atoms with Gasteiger partial charge in [-0.2, -0.15) is 5.10 Å². The molecule has 3 N–H and O–H groups in total. The fourth-order valence-electron chi connectivity index (χ4n) is 0.911. The quantitative estimate of drug-likeness (QED) is 0.517. The van der Waals surface area contributed by atoms with E-state index < -0.39 is 17.9 Å². The van der Waals surface area contributed by atoms with Crippen LogP contribution in [-0.4, -0.2) is 34.7 Å². The third kappa shape index (κ3) is 3.28. The lowest BCUT2D eigenvalue weighted by Crippen LogP contribution is -2.43. The van der Waals surface area contributed by atoms with Gasteiger partial charge < -0.3 is 15.8 Å². The van der Waals surface area contributed by atoms with Crippen molar-refractivity contribution >= 4 is 17.7 Å². The van der Waals surface area contributed by atoms with Gasteiger partial charge in [-0.05, 0) is 19.1 Å². The van der Waals surface area contributed by atoms with E-state index in [1.165, 1.54) is 12.3 Å². The molecule has 1 unspecified atom stereocenters. The van der Waals surface area contributed by atoms with Gasteiger partial charge in [-0.1, -0.05) is 0 Å². The monoisotopic (exact) mass is 224 g/mol. The smallest absolute Gasteiger partial charge is 0.332 e. The molecule has 86 valence electrons. The van der Waals surface area contributed by atoms with Crippen LogP contribution in [-0.2, 0) is 14.3 Å². The molecule has 0 fully saturated rings. The number of rotatable bonds is 4. The number of ether oxygens (including phenoxy) is 1. The van der Waals surface area contributed by atoms with Crippen molar-refractivity contribution in [1.82, 2.24) is 10.2 Å². The lowest BCUT2D eigenvalue weighted by atomic mass is 10.3. The Hall–Kier alpha value is -2.02. The van der Waals surface area contributed by atoms with E-state index in [9.17, 15) is 9.59 Å². The van der Waals surface area contributed by atoms with Crippen molar-refractivity contribution in [1.29, 1.82) is 0 Å². The van der Waals surface area contributed by atoms with Crippen LogP contribution in [0.1, 0.15) is 6.92 Å². The number of amides is 1. The molecule has 1 atom stereocenters. The molecule has 0 aliphatic rings. The zero-order valence-electron chi connectivity index (χ0n) is 8.71. The highest BCUT2D eigenvalue weighted by Crippen LogP contribution is 1.99. The maximum absolute atomic E-state index is 11.4. The normalized spacial score (nSPS) is 11.6. The number of hydrogen-bond acceptors (Lipinski definition) is 6. The first-order valence-corrected chi connectivity index (χ1v) is 4.66. The molecule has 16 heavy (non-hydrogen) atoms. The summed E-state index contributed by atoms with van der Waals surface area (Å²) in [7, 11) is 0. The van der Waals surface area contributed by atoms with Crippen LogP contribution in [0.2, 0.25) is 0 Å². The van der Waals surface area contributed by atoms with E-state index in [1.54, 1.807) is 13.0 Å². The Kier molecular flexibility index (Phi) is 4.34. The van der Waals surface area contributed by atoms with Crippen LogP contribution < -0.4 is 11.1 Å². The molecular weight excluding hydrogens is 212 g/mol. The summed E-state index contributed by atoms with van der Waals surface area (Å²) in [6.45, 7) is 1.80. The summed E-state index contributed by atoms with van der Waals surface area (Å²) in [5.74, 6) is -1.23. The van der Waals surface area contributed by atoms with Crippen LogP contribution in [0.4, 0.5) is 5.82 Å². The average Bonchev–Trinajstić information content (AvgIpc) is 2.29. The molecule has 1 heterocycles. The van der Waals surface area contributed by atoms with Crippen molar-refractivity contribution in [3.63, 3.8) is 0 Å². The van der Waals surface area contributed by atoms with Crippen molar-refractivity contribution in [3.8, 4) is 0 Å². The van der Waals surface area contributed by atoms with Gasteiger partial charge >= 0.3 is 5.97 Å². The predicted octanol–water partition coefficient (Wildman–Crippen LogP) is -0.695. The number of aromatic nitrogens is 2. The summed E-state index contributed by atoms with van der Waals surface area (Å²) < 4.78 is 4.60. The summed E-state index contributed by atoms with van der Waals surface area (Å²) in [6.07, 6.45) is 1.46. The van der Waals surface area contributed by atoms with Gasteiger partial charge in [-0.25, -0.2) is 4.79 Å². The zero-order chi connectivity index (χ0) is 12.0. The number of esters is 1. The van der Waals surface area contributed by atoms with Crippen molar-refractivity contribution in [3.05, 3.63) is 18.3 Å². The van der Waals surface area contributed by atoms with Crippen LogP contribution in [0, 0.1) is 0 Å². The van der Waals surface area contributed by atoms with E-state index in [4.69, 9.17) is 5.73 Å². The average molecular weight is 224 g/mol. The van der Waals surface area contributed by atoms with Crippen molar-refractivity contribution < 1.29 is 14.3 Å². The molecule has 0 saturated carbocycles. The second-order valence-electron chi connectivity index (χ2n) is 2.83. The summed E-state index contributed by atoms with van der Waals surface area (Å²) in [4.78, 5) is 22.6. The highest BCUT2D eigenvalue weighted by molar-refractivity contribution is 6.07. The maximum atomic E-state index is 11.4. The Morgan fingerprint density at radius 3 is 2.94 bits per heavy atom. The Morgan fingerprint density at radius 1 is 1.62 bits per heavy atom. The molecule has 7 heteroatoms.